The van der Waals surface area contributed by atoms with E-state index in [1.165, 1.54) is 38.4 Å². The molecular weight excluding hydrogens is 352 g/mol. The highest BCUT2D eigenvalue weighted by molar-refractivity contribution is 5.68. The van der Waals surface area contributed by atoms with Gasteiger partial charge >= 0.3 is 0 Å². The van der Waals surface area contributed by atoms with Gasteiger partial charge in [-0.25, -0.2) is 9.67 Å². The summed E-state index contributed by atoms with van der Waals surface area (Å²) < 4.78 is 1.60. The van der Waals surface area contributed by atoms with Crippen LogP contribution >= 0.6 is 0 Å². The van der Waals surface area contributed by atoms with Gasteiger partial charge in [0, 0.05) is 24.7 Å². The number of hydrogen-bond donors (Lipinski definition) is 1. The van der Waals surface area contributed by atoms with Gasteiger partial charge in [-0.15, -0.1) is 10.2 Å². The molecule has 2 bridgehead atoms. The second kappa shape index (κ2) is 6.89. The number of phenolic OH excluding ortho intramolecular Hbond substituents is 1. The summed E-state index contributed by atoms with van der Waals surface area (Å²) in [5.41, 5.74) is 2.06. The first kappa shape index (κ1) is 17.2. The zero-order valence-electron chi connectivity index (χ0n) is 15.9. The van der Waals surface area contributed by atoms with Gasteiger partial charge in [0.15, 0.2) is 5.82 Å². The molecule has 2 saturated carbocycles. The quantitative estimate of drug-likeness (QED) is 0.751. The predicted octanol–water partition coefficient (Wildman–Crippen LogP) is 3.44. The smallest absolute Gasteiger partial charge is 0.151 e. The molecule has 1 N–H and O–H groups in total. The molecule has 3 aromatic rings. The van der Waals surface area contributed by atoms with Crippen LogP contribution in [-0.2, 0) is 0 Å². The third-order valence-corrected chi connectivity index (χ3v) is 6.36. The zero-order chi connectivity index (χ0) is 19.1. The van der Waals surface area contributed by atoms with E-state index < -0.39 is 0 Å². The van der Waals surface area contributed by atoms with Crippen LogP contribution in [-0.4, -0.2) is 43.2 Å². The summed E-state index contributed by atoms with van der Waals surface area (Å²) in [6, 6.07) is 9.86. The average Bonchev–Trinajstić information content (AvgIpc) is 3.37. The Balaban J connectivity index is 1.35. The number of phenols is 1. The molecule has 2 fully saturated rings. The maximum atomic E-state index is 10.5. The number of rotatable bonds is 4. The molecular formula is C21H24N6O. The Labute approximate surface area is 164 Å². The van der Waals surface area contributed by atoms with Gasteiger partial charge in [-0.2, -0.15) is 5.10 Å². The normalized spacial score (nSPS) is 23.7. The lowest BCUT2D eigenvalue weighted by molar-refractivity contribution is 0.312. The maximum absolute atomic E-state index is 10.5. The van der Waals surface area contributed by atoms with Crippen LogP contribution in [0.5, 0.6) is 5.75 Å². The molecule has 2 aromatic heterocycles. The van der Waals surface area contributed by atoms with Crippen molar-refractivity contribution >= 4 is 5.82 Å². The number of nitrogens with zero attached hydrogens (tertiary/aromatic N) is 6. The van der Waals surface area contributed by atoms with Crippen molar-refractivity contribution in [3.05, 3.63) is 43.0 Å². The van der Waals surface area contributed by atoms with E-state index in [1.54, 1.807) is 17.1 Å². The van der Waals surface area contributed by atoms with Crippen molar-refractivity contribution in [1.82, 2.24) is 25.0 Å². The van der Waals surface area contributed by atoms with Crippen LogP contribution < -0.4 is 4.90 Å². The lowest BCUT2D eigenvalue weighted by atomic mass is 9.85. The summed E-state index contributed by atoms with van der Waals surface area (Å²) in [5.74, 6) is 2.82. The van der Waals surface area contributed by atoms with E-state index in [4.69, 9.17) is 0 Å². The summed E-state index contributed by atoms with van der Waals surface area (Å²) in [4.78, 5) is 6.22. The fourth-order valence-corrected chi connectivity index (χ4v) is 4.85. The van der Waals surface area contributed by atoms with Gasteiger partial charge in [0.2, 0.25) is 0 Å². The van der Waals surface area contributed by atoms with E-state index in [9.17, 15) is 5.11 Å². The molecule has 144 valence electrons. The number of fused-ring (bicyclic) bond motifs is 2. The summed E-state index contributed by atoms with van der Waals surface area (Å²) in [7, 11) is 2.13. The Kier molecular flexibility index (Phi) is 4.22. The van der Waals surface area contributed by atoms with Crippen LogP contribution in [0.15, 0.2) is 43.0 Å². The van der Waals surface area contributed by atoms with Crippen molar-refractivity contribution in [2.24, 2.45) is 11.8 Å². The molecule has 5 rings (SSSR count). The number of hydrogen-bond acceptors (Lipinski definition) is 6. The van der Waals surface area contributed by atoms with Gasteiger partial charge in [0.25, 0.3) is 0 Å². The number of benzene rings is 1. The molecule has 28 heavy (non-hydrogen) atoms. The van der Waals surface area contributed by atoms with Gasteiger partial charge in [0.1, 0.15) is 18.4 Å². The molecule has 2 heterocycles. The molecule has 0 radical (unpaired) electrons. The summed E-state index contributed by atoms with van der Waals surface area (Å²) in [6.07, 6.45) is 9.79. The molecule has 2 aliphatic carbocycles. The van der Waals surface area contributed by atoms with Crippen LogP contribution in [0, 0.1) is 11.8 Å². The monoisotopic (exact) mass is 376 g/mol. The SMILES string of the molecule is CN(c1ccc(-c2ccc(-n3cncn3)cc2O)nn1)[C@H]1C[C@@H]2CC[C@@H](C2)C1. The summed E-state index contributed by atoms with van der Waals surface area (Å²) >= 11 is 0. The van der Waals surface area contributed by atoms with Crippen molar-refractivity contribution in [3.8, 4) is 22.7 Å². The van der Waals surface area contributed by atoms with Crippen LogP contribution in [0.2, 0.25) is 0 Å². The maximum Gasteiger partial charge on any atom is 0.151 e. The minimum absolute atomic E-state index is 0.146. The molecule has 0 saturated heterocycles. The molecule has 1 aromatic carbocycles. The largest absolute Gasteiger partial charge is 0.507 e. The Morgan fingerprint density at radius 2 is 1.86 bits per heavy atom. The van der Waals surface area contributed by atoms with Gasteiger partial charge < -0.3 is 10.0 Å². The molecule has 7 nitrogen and oxygen atoms in total. The number of aromatic nitrogens is 5. The van der Waals surface area contributed by atoms with Crippen LogP contribution in [0.1, 0.15) is 32.1 Å². The molecule has 0 unspecified atom stereocenters. The first-order valence-electron chi connectivity index (χ1n) is 9.92. The Hall–Kier alpha value is -2.96. The van der Waals surface area contributed by atoms with E-state index in [2.05, 4.69) is 32.2 Å². The third-order valence-electron chi connectivity index (χ3n) is 6.36. The van der Waals surface area contributed by atoms with Gasteiger partial charge in [-0.3, -0.25) is 0 Å². The molecule has 7 heteroatoms. The number of aromatic hydroxyl groups is 1. The van der Waals surface area contributed by atoms with E-state index in [-0.39, 0.29) is 5.75 Å². The van der Waals surface area contributed by atoms with E-state index in [0.717, 1.165) is 23.3 Å². The van der Waals surface area contributed by atoms with Gasteiger partial charge in [-0.1, -0.05) is 12.8 Å². The molecule has 0 amide bonds. The predicted molar refractivity (Wildman–Crippen MR) is 106 cm³/mol. The van der Waals surface area contributed by atoms with Crippen molar-refractivity contribution in [2.75, 3.05) is 11.9 Å². The van der Waals surface area contributed by atoms with Gasteiger partial charge in [-0.05, 0) is 55.4 Å². The van der Waals surface area contributed by atoms with Crippen molar-refractivity contribution in [3.63, 3.8) is 0 Å². The molecule has 2 aliphatic rings. The molecule has 0 aliphatic heterocycles. The lowest BCUT2D eigenvalue weighted by Gasteiger charge is -2.35. The summed E-state index contributed by atoms with van der Waals surface area (Å²) in [6.45, 7) is 0. The Bertz CT molecular complexity index is 944. The fourth-order valence-electron chi connectivity index (χ4n) is 4.85. The second-order valence-corrected chi connectivity index (χ2v) is 8.10. The second-order valence-electron chi connectivity index (χ2n) is 8.10. The first-order valence-corrected chi connectivity index (χ1v) is 9.92. The van der Waals surface area contributed by atoms with Crippen molar-refractivity contribution in [1.29, 1.82) is 0 Å². The standard InChI is InChI=1S/C21H24N6O/c1-26(17-9-14-2-3-15(8-14)10-17)21-7-6-19(24-25-21)18-5-4-16(11-20(18)28)27-13-22-12-23-27/h4-7,11-15,17,28H,2-3,8-10H2,1H3/t14-,15+,17+. The Morgan fingerprint density at radius 3 is 2.50 bits per heavy atom. The van der Waals surface area contributed by atoms with Crippen LogP contribution in [0.3, 0.4) is 0 Å². The third kappa shape index (κ3) is 3.10. The highest BCUT2D eigenvalue weighted by Crippen LogP contribution is 2.43. The van der Waals surface area contributed by atoms with E-state index in [0.29, 0.717) is 17.3 Å². The van der Waals surface area contributed by atoms with E-state index in [1.807, 2.05) is 24.3 Å². The van der Waals surface area contributed by atoms with Gasteiger partial charge in [0.05, 0.1) is 11.4 Å². The van der Waals surface area contributed by atoms with Crippen LogP contribution in [0.4, 0.5) is 5.82 Å². The Morgan fingerprint density at radius 1 is 1.04 bits per heavy atom. The molecule has 0 spiro atoms. The first-order chi connectivity index (χ1) is 13.7. The minimum Gasteiger partial charge on any atom is -0.507 e. The fraction of sp³-hybridized carbons (Fsp3) is 0.429. The zero-order valence-corrected chi connectivity index (χ0v) is 15.9. The average molecular weight is 376 g/mol. The topological polar surface area (TPSA) is 80.0 Å². The van der Waals surface area contributed by atoms with Crippen molar-refractivity contribution < 1.29 is 5.11 Å². The van der Waals surface area contributed by atoms with Crippen molar-refractivity contribution in [2.45, 2.75) is 38.1 Å². The summed E-state index contributed by atoms with van der Waals surface area (Å²) in [5, 5.41) is 23.4. The lowest BCUT2D eigenvalue weighted by Crippen LogP contribution is -2.37. The highest BCUT2D eigenvalue weighted by atomic mass is 16.3. The van der Waals surface area contributed by atoms with Crippen LogP contribution in [0.25, 0.3) is 16.9 Å². The highest BCUT2D eigenvalue weighted by Gasteiger charge is 2.36. The minimum atomic E-state index is 0.146. The molecule has 3 atom stereocenters. The van der Waals surface area contributed by atoms with E-state index >= 15 is 0 Å². The number of anilines is 1.